The molecule has 2 aliphatic carbocycles. The zero-order chi connectivity index (χ0) is 16.2. The third-order valence-electron chi connectivity index (χ3n) is 1.17. The van der Waals surface area contributed by atoms with Crippen molar-refractivity contribution in [3.05, 3.63) is 63.5 Å². The molecule has 2 aliphatic rings. The van der Waals surface area contributed by atoms with Crippen molar-refractivity contribution in [3.63, 3.8) is 0 Å². The van der Waals surface area contributed by atoms with Crippen LogP contribution in [0.5, 0.6) is 0 Å². The van der Waals surface area contributed by atoms with Crippen LogP contribution in [0.2, 0.25) is 0 Å². The summed E-state index contributed by atoms with van der Waals surface area (Å²) in [4.78, 5) is 18.0. The first-order valence-electron chi connectivity index (χ1n) is 5.64. The van der Waals surface area contributed by atoms with Gasteiger partial charge in [0.2, 0.25) is 0 Å². The van der Waals surface area contributed by atoms with Gasteiger partial charge in [0.25, 0.3) is 11.9 Å². The van der Waals surface area contributed by atoms with Crippen LogP contribution in [0.1, 0.15) is 26.7 Å². The molecule has 2 rings (SSSR count). The summed E-state index contributed by atoms with van der Waals surface area (Å²) in [5.41, 5.74) is 0. The standard InChI is InChI=1S/2C5H5.2C2H4O2.2CH3.H2Si.Ti/c2*1-2-4-5-3-1;2*1-2(3)4;;;;/h2*1-3H,4H2;2*1H3,(H,3,4);2*1H3;1H2;/q2*-1;;;2*-1;;. The van der Waals surface area contributed by atoms with Gasteiger partial charge in [0.1, 0.15) is 0 Å². The number of hydrogen-bond acceptors (Lipinski definition) is 2. The molecule has 0 amide bonds. The van der Waals surface area contributed by atoms with Crippen LogP contribution in [0, 0.1) is 27.0 Å². The molecule has 0 aromatic heterocycles. The van der Waals surface area contributed by atoms with Crippen molar-refractivity contribution in [1.82, 2.24) is 0 Å². The molecule has 22 heavy (non-hydrogen) atoms. The molecule has 0 spiro atoms. The Balaban J connectivity index is -0.0000000551. The third-order valence-corrected chi connectivity index (χ3v) is 1.17. The van der Waals surface area contributed by atoms with Crippen molar-refractivity contribution in [2.45, 2.75) is 26.7 Å². The first kappa shape index (κ1) is 32.7. The van der Waals surface area contributed by atoms with Gasteiger partial charge in [-0.2, -0.15) is 12.2 Å². The molecule has 0 saturated carbocycles. The van der Waals surface area contributed by atoms with Gasteiger partial charge in [-0.05, 0) is 0 Å². The van der Waals surface area contributed by atoms with E-state index in [1.807, 2.05) is 51.1 Å². The normalized spacial score (nSPS) is 10.4. The summed E-state index contributed by atoms with van der Waals surface area (Å²) in [6, 6.07) is 0. The summed E-state index contributed by atoms with van der Waals surface area (Å²) in [5.74, 6) is -1.67. The molecule has 0 saturated heterocycles. The number of carboxylic acids is 2. The molecule has 0 aliphatic heterocycles. The fourth-order valence-corrected chi connectivity index (χ4v) is 0.680. The van der Waals surface area contributed by atoms with E-state index >= 15 is 0 Å². The fraction of sp³-hybridized carbons (Fsp3) is 0.250. The van der Waals surface area contributed by atoms with Crippen LogP contribution >= 0.6 is 0 Å². The number of carboxylic acid groups (broad SMARTS) is 2. The van der Waals surface area contributed by atoms with Crippen molar-refractivity contribution < 1.29 is 39.0 Å². The first-order valence-corrected chi connectivity index (χ1v) is 9.66. The van der Waals surface area contributed by atoms with Gasteiger partial charge >= 0.3 is 26.8 Å². The van der Waals surface area contributed by atoms with Gasteiger partial charge in [0, 0.05) is 13.8 Å². The maximum absolute atomic E-state index is 9.00. The molecule has 0 aromatic carbocycles. The second-order valence-electron chi connectivity index (χ2n) is 3.04. The summed E-state index contributed by atoms with van der Waals surface area (Å²) in [6.45, 7) is 2.17. The zero-order valence-corrected chi connectivity index (χ0v) is 16.8. The predicted molar refractivity (Wildman–Crippen MR) is 91.1 cm³/mol. The summed E-state index contributed by atoms with van der Waals surface area (Å²) < 4.78 is 0. The molecule has 0 atom stereocenters. The van der Waals surface area contributed by atoms with Crippen molar-refractivity contribution in [3.8, 4) is 0 Å². The molecule has 0 aromatic rings. The van der Waals surface area contributed by atoms with Gasteiger partial charge < -0.3 is 25.1 Å². The van der Waals surface area contributed by atoms with Gasteiger partial charge in [0.15, 0.2) is 0 Å². The van der Waals surface area contributed by atoms with Crippen LogP contribution in [-0.2, 0) is 28.8 Å². The molecule has 4 nitrogen and oxygen atoms in total. The van der Waals surface area contributed by atoms with E-state index in [9.17, 15) is 0 Å². The van der Waals surface area contributed by atoms with Crippen LogP contribution in [0.4, 0.5) is 0 Å². The first-order chi connectivity index (χ1) is 9.46. The molecule has 126 valence electrons. The SMILES string of the molecule is CC(=O)O.CC(=O)O.[C-]1=CC=CC1.[C-]1=CC=CC1.[CH3-].[CH3-].[SiH2]=[Ti]. The Morgan fingerprint density at radius 3 is 1.18 bits per heavy atom. The zero-order valence-electron chi connectivity index (χ0n) is 13.8. The van der Waals surface area contributed by atoms with Gasteiger partial charge in [0.05, 0.1) is 0 Å². The Hall–Kier alpha value is -1.17. The number of rotatable bonds is 0. The molecule has 6 heteroatoms. The summed E-state index contributed by atoms with van der Waals surface area (Å²) in [6.07, 6.45) is 20.0. The Kier molecular flexibility index (Phi) is 47.5. The van der Waals surface area contributed by atoms with Gasteiger partial charge in [-0.15, -0.1) is 12.8 Å². The Labute approximate surface area is 148 Å². The topological polar surface area (TPSA) is 74.6 Å². The van der Waals surface area contributed by atoms with Crippen LogP contribution in [-0.4, -0.2) is 29.8 Å². The summed E-state index contributed by atoms with van der Waals surface area (Å²) in [7, 11) is 1.86. The second kappa shape index (κ2) is 32.0. The average molecular weight is 358 g/mol. The van der Waals surface area contributed by atoms with E-state index in [0.29, 0.717) is 0 Å². The molecule has 0 radical (unpaired) electrons. The average Bonchev–Trinajstić information content (AvgIpc) is 3.09. The van der Waals surface area contributed by atoms with Gasteiger partial charge in [-0.3, -0.25) is 21.7 Å². The van der Waals surface area contributed by atoms with Crippen molar-refractivity contribution in [2.75, 3.05) is 0 Å². The molecule has 2 N–H and O–H groups in total. The van der Waals surface area contributed by atoms with Crippen LogP contribution in [0.15, 0.2) is 36.5 Å². The predicted octanol–water partition coefficient (Wildman–Crippen LogP) is 2.78. The van der Waals surface area contributed by atoms with E-state index in [1.54, 1.807) is 0 Å². The Morgan fingerprint density at radius 2 is 1.14 bits per heavy atom. The summed E-state index contributed by atoms with van der Waals surface area (Å²) >= 11 is 2.03. The summed E-state index contributed by atoms with van der Waals surface area (Å²) in [5, 5.41) is 14.8. The number of hydrogen-bond donors (Lipinski definition) is 2. The molecular formula is C16H26O4SiTi-4. The minimum atomic E-state index is -0.833. The molecule has 0 heterocycles. The van der Waals surface area contributed by atoms with E-state index in [4.69, 9.17) is 19.8 Å². The van der Waals surface area contributed by atoms with Crippen molar-refractivity contribution >= 4 is 19.6 Å². The van der Waals surface area contributed by atoms with E-state index < -0.39 is 11.9 Å². The minimum absolute atomic E-state index is 0. The quantitative estimate of drug-likeness (QED) is 0.516. The van der Waals surface area contributed by atoms with Crippen molar-refractivity contribution in [2.24, 2.45) is 0 Å². The number of allylic oxidation sites excluding steroid dienone is 8. The maximum atomic E-state index is 9.00. The van der Waals surface area contributed by atoms with E-state index in [2.05, 4.69) is 24.3 Å². The third kappa shape index (κ3) is 76.8. The molecule has 0 bridgehead atoms. The van der Waals surface area contributed by atoms with Crippen LogP contribution in [0.25, 0.3) is 0 Å². The number of aliphatic carboxylic acids is 2. The van der Waals surface area contributed by atoms with Gasteiger partial charge in [-0.1, -0.05) is 0 Å². The second-order valence-corrected chi connectivity index (χ2v) is 3.04. The van der Waals surface area contributed by atoms with E-state index in [-0.39, 0.29) is 14.9 Å². The molecular weight excluding hydrogens is 332 g/mol. The van der Waals surface area contributed by atoms with E-state index in [1.165, 1.54) is 0 Å². The van der Waals surface area contributed by atoms with Crippen LogP contribution < -0.4 is 0 Å². The van der Waals surface area contributed by atoms with Gasteiger partial charge in [-0.25, -0.2) is 24.3 Å². The fourth-order valence-electron chi connectivity index (χ4n) is 0.680. The number of carbonyl (C=O) groups is 2. The van der Waals surface area contributed by atoms with E-state index in [0.717, 1.165) is 26.7 Å². The van der Waals surface area contributed by atoms with Crippen LogP contribution in [0.3, 0.4) is 0 Å². The monoisotopic (exact) mass is 358 g/mol. The molecule has 0 fully saturated rings. The Morgan fingerprint density at radius 1 is 0.909 bits per heavy atom. The Bertz CT molecular complexity index is 299. The van der Waals surface area contributed by atoms with Crippen molar-refractivity contribution in [1.29, 1.82) is 0 Å². The molecule has 0 unspecified atom stereocenters.